The molecule has 10 heteroatoms. The number of aliphatic hydroxyl groups excluding tert-OH is 1. The number of hydrogen-bond donors (Lipinski definition) is 4. The lowest BCUT2D eigenvalue weighted by molar-refractivity contribution is 0.0762. The highest BCUT2D eigenvalue weighted by Crippen LogP contribution is 2.30. The van der Waals surface area contributed by atoms with Crippen LogP contribution in [0.5, 0.6) is 5.75 Å². The van der Waals surface area contributed by atoms with Crippen LogP contribution in [0.2, 0.25) is 0 Å². The van der Waals surface area contributed by atoms with E-state index >= 15 is 0 Å². The van der Waals surface area contributed by atoms with Gasteiger partial charge in [-0.2, -0.15) is 0 Å². The van der Waals surface area contributed by atoms with Gasteiger partial charge in [0.1, 0.15) is 0 Å². The van der Waals surface area contributed by atoms with Crippen LogP contribution in [0, 0.1) is 0 Å². The molecule has 168 valence electrons. The van der Waals surface area contributed by atoms with E-state index in [-0.39, 0.29) is 41.3 Å². The largest absolute Gasteiger partial charge is 0.505 e. The average Bonchev–Trinajstić information content (AvgIpc) is 3.38. The normalized spacial score (nSPS) is 21.1. The number of phenols is 1. The Hall–Kier alpha value is -3.24. The molecule has 2 aliphatic rings. The molecule has 2 aromatic carbocycles. The first kappa shape index (κ1) is 22.0. The molecule has 3 atom stereocenters. The number of aliphatic hydroxyl groups is 1. The zero-order valence-electron chi connectivity index (χ0n) is 17.6. The van der Waals surface area contributed by atoms with Gasteiger partial charge in [0, 0.05) is 13.1 Å². The monoisotopic (exact) mass is 455 g/mol. The Morgan fingerprint density at radius 1 is 1.19 bits per heavy atom. The van der Waals surface area contributed by atoms with E-state index < -0.39 is 17.3 Å². The van der Waals surface area contributed by atoms with E-state index in [0.29, 0.717) is 18.8 Å². The summed E-state index contributed by atoms with van der Waals surface area (Å²) >= 11 is -1.79. The molecule has 1 amide bonds. The minimum absolute atomic E-state index is 0.0693. The molecule has 2 aromatic rings. The Labute approximate surface area is 188 Å². The summed E-state index contributed by atoms with van der Waals surface area (Å²) in [5.74, 6) is -0.0671. The minimum Gasteiger partial charge on any atom is -0.505 e. The van der Waals surface area contributed by atoms with Crippen molar-refractivity contribution >= 4 is 34.4 Å². The number of aromatic hydroxyl groups is 1. The van der Waals surface area contributed by atoms with E-state index in [9.17, 15) is 19.2 Å². The van der Waals surface area contributed by atoms with Gasteiger partial charge in [0.15, 0.2) is 17.4 Å². The number of carbonyl (C=O) groups is 1. The Morgan fingerprint density at radius 3 is 2.62 bits per heavy atom. The molecule has 0 spiro atoms. The number of phenolic OH excluding ortho intramolecular Hbond substituents is 1. The van der Waals surface area contributed by atoms with Crippen LogP contribution in [0.25, 0.3) is 0 Å². The van der Waals surface area contributed by atoms with Gasteiger partial charge in [-0.25, -0.2) is 4.21 Å². The average molecular weight is 456 g/mol. The van der Waals surface area contributed by atoms with Gasteiger partial charge in [-0.3, -0.25) is 4.79 Å². The fraction of sp³-hybridized carbons (Fsp3) is 0.318. The number of anilines is 1. The van der Waals surface area contributed by atoms with E-state index in [2.05, 4.69) is 19.4 Å². The van der Waals surface area contributed by atoms with Crippen molar-refractivity contribution in [3.8, 4) is 5.75 Å². The van der Waals surface area contributed by atoms with Crippen LogP contribution in [-0.2, 0) is 11.2 Å². The predicted octanol–water partition coefficient (Wildman–Crippen LogP) is 2.14. The number of nitrogens with one attached hydrogen (secondary N) is 2. The first-order valence-corrected chi connectivity index (χ1v) is 11.5. The molecule has 1 saturated heterocycles. The van der Waals surface area contributed by atoms with Crippen molar-refractivity contribution in [2.45, 2.75) is 31.9 Å². The molecule has 0 aromatic heterocycles. The van der Waals surface area contributed by atoms with Gasteiger partial charge < -0.3 is 25.7 Å². The van der Waals surface area contributed by atoms with Crippen LogP contribution in [0.15, 0.2) is 57.3 Å². The fourth-order valence-electron chi connectivity index (χ4n) is 3.75. The van der Waals surface area contributed by atoms with Crippen molar-refractivity contribution in [1.29, 1.82) is 0 Å². The number of para-hydroxylation sites is 1. The Morgan fingerprint density at radius 2 is 1.94 bits per heavy atom. The van der Waals surface area contributed by atoms with Gasteiger partial charge >= 0.3 is 0 Å². The van der Waals surface area contributed by atoms with Crippen molar-refractivity contribution < 1.29 is 19.2 Å². The third-order valence-corrected chi connectivity index (χ3v) is 6.13. The third-order valence-electron chi connectivity index (χ3n) is 5.45. The summed E-state index contributed by atoms with van der Waals surface area (Å²) in [5, 5.41) is 26.7. The molecule has 1 unspecified atom stereocenters. The SMILES string of the molecule is CC[C@@H](NC1=NS(=O)N=C1Nc1cccc(C(=O)N2CC[C@@H](O)C2)c1O)c1ccccc1. The molecule has 0 radical (unpaired) electrons. The third kappa shape index (κ3) is 4.66. The summed E-state index contributed by atoms with van der Waals surface area (Å²) in [5.41, 5.74) is 1.42. The zero-order chi connectivity index (χ0) is 22.7. The molecule has 4 rings (SSSR count). The number of hydrogen-bond acceptors (Lipinski definition) is 6. The molecular weight excluding hydrogens is 430 g/mol. The maximum Gasteiger partial charge on any atom is 0.269 e. The Kier molecular flexibility index (Phi) is 6.52. The van der Waals surface area contributed by atoms with Crippen LogP contribution < -0.4 is 10.6 Å². The highest BCUT2D eigenvalue weighted by Gasteiger charge is 2.28. The van der Waals surface area contributed by atoms with Crippen LogP contribution in [0.1, 0.15) is 41.7 Å². The zero-order valence-corrected chi connectivity index (χ0v) is 18.4. The predicted molar refractivity (Wildman–Crippen MR) is 124 cm³/mol. The summed E-state index contributed by atoms with van der Waals surface area (Å²) in [6, 6.07) is 14.5. The van der Waals surface area contributed by atoms with Crippen molar-refractivity contribution in [3.63, 3.8) is 0 Å². The number of benzene rings is 2. The van der Waals surface area contributed by atoms with Crippen LogP contribution in [0.3, 0.4) is 0 Å². The molecule has 1 fully saturated rings. The first-order valence-electron chi connectivity index (χ1n) is 10.4. The highest BCUT2D eigenvalue weighted by atomic mass is 32.2. The number of β-amino-alcohol motifs (C(OH)–C–C–N with tert-alkyl or cyclic N) is 1. The lowest BCUT2D eigenvalue weighted by atomic mass is 10.0. The van der Waals surface area contributed by atoms with Gasteiger partial charge in [0.05, 0.1) is 23.4 Å². The smallest absolute Gasteiger partial charge is 0.269 e. The molecule has 0 bridgehead atoms. The Balaban J connectivity index is 1.53. The van der Waals surface area contributed by atoms with Gasteiger partial charge in [-0.15, -0.1) is 8.80 Å². The second kappa shape index (κ2) is 9.49. The number of amidine groups is 2. The van der Waals surface area contributed by atoms with E-state index in [1.54, 1.807) is 12.1 Å². The Bertz CT molecular complexity index is 1090. The fourth-order valence-corrected chi connectivity index (χ4v) is 4.38. The topological polar surface area (TPSA) is 127 Å². The maximum absolute atomic E-state index is 12.8. The van der Waals surface area contributed by atoms with Crippen LogP contribution in [-0.4, -0.2) is 56.1 Å². The summed E-state index contributed by atoms with van der Waals surface area (Å²) in [6.07, 6.45) is 0.726. The van der Waals surface area contributed by atoms with Gasteiger partial charge in [0.2, 0.25) is 0 Å². The van der Waals surface area contributed by atoms with E-state index in [1.165, 1.54) is 11.0 Å². The minimum atomic E-state index is -1.79. The van der Waals surface area contributed by atoms with Crippen molar-refractivity contribution in [2.75, 3.05) is 18.4 Å². The number of amides is 1. The number of nitrogens with zero attached hydrogens (tertiary/aromatic N) is 3. The van der Waals surface area contributed by atoms with E-state index in [0.717, 1.165) is 12.0 Å². The molecular formula is C22H25N5O4S. The number of rotatable bonds is 5. The molecule has 0 aliphatic carbocycles. The van der Waals surface area contributed by atoms with Gasteiger partial charge in [-0.1, -0.05) is 43.3 Å². The van der Waals surface area contributed by atoms with Crippen molar-refractivity contribution in [2.24, 2.45) is 8.80 Å². The molecule has 32 heavy (non-hydrogen) atoms. The molecule has 9 nitrogen and oxygen atoms in total. The lowest BCUT2D eigenvalue weighted by Crippen LogP contribution is -2.36. The summed E-state index contributed by atoms with van der Waals surface area (Å²) in [4.78, 5) is 14.3. The number of carbonyl (C=O) groups excluding carboxylic acids is 1. The highest BCUT2D eigenvalue weighted by molar-refractivity contribution is 7.83. The molecule has 4 N–H and O–H groups in total. The van der Waals surface area contributed by atoms with Crippen LogP contribution >= 0.6 is 0 Å². The summed E-state index contributed by atoms with van der Waals surface area (Å²) in [7, 11) is 0. The first-order chi connectivity index (χ1) is 15.5. The lowest BCUT2D eigenvalue weighted by Gasteiger charge is -2.20. The van der Waals surface area contributed by atoms with E-state index in [1.807, 2.05) is 37.3 Å². The molecule has 2 heterocycles. The van der Waals surface area contributed by atoms with Gasteiger partial charge in [0.25, 0.3) is 17.1 Å². The second-order valence-corrected chi connectivity index (χ2v) is 8.47. The van der Waals surface area contributed by atoms with Crippen molar-refractivity contribution in [1.82, 2.24) is 10.2 Å². The maximum atomic E-state index is 12.8. The van der Waals surface area contributed by atoms with Crippen LogP contribution in [0.4, 0.5) is 5.69 Å². The standard InChI is InChI=1S/C22H25N5O4S/c1-2-17(14-7-4-3-5-8-14)23-20-21(26-32(31)25-20)24-18-10-6-9-16(19(18)29)22(30)27-12-11-15(28)13-27/h3-10,15,17,28-29H,2,11-13H2,1H3,(H,23,25)(H,24,26)/t15-,17-,32?/m1/s1. The van der Waals surface area contributed by atoms with E-state index in [4.69, 9.17) is 0 Å². The second-order valence-electron chi connectivity index (χ2n) is 7.65. The summed E-state index contributed by atoms with van der Waals surface area (Å²) < 4.78 is 20.1. The molecule has 2 aliphatic heterocycles. The number of likely N-dealkylation sites (tertiary alicyclic amines) is 1. The van der Waals surface area contributed by atoms with Gasteiger partial charge in [-0.05, 0) is 30.5 Å². The quantitative estimate of drug-likeness (QED) is 0.512. The summed E-state index contributed by atoms with van der Waals surface area (Å²) in [6.45, 7) is 2.69. The molecule has 0 saturated carbocycles. The van der Waals surface area contributed by atoms with Crippen molar-refractivity contribution in [3.05, 3.63) is 59.7 Å².